The third-order valence-corrected chi connectivity index (χ3v) is 3.16. The molecule has 0 saturated heterocycles. The number of halogens is 1. The van der Waals surface area contributed by atoms with Crippen molar-refractivity contribution in [2.45, 2.75) is 19.8 Å². The van der Waals surface area contributed by atoms with Crippen molar-refractivity contribution < 1.29 is 0 Å². The van der Waals surface area contributed by atoms with Gasteiger partial charge in [-0.15, -0.1) is 0 Å². The van der Waals surface area contributed by atoms with E-state index in [9.17, 15) is 0 Å². The lowest BCUT2D eigenvalue weighted by Crippen LogP contribution is -1.86. The van der Waals surface area contributed by atoms with Crippen molar-refractivity contribution in [2.75, 3.05) is 0 Å². The van der Waals surface area contributed by atoms with Crippen LogP contribution in [-0.4, -0.2) is 0 Å². The van der Waals surface area contributed by atoms with Crippen molar-refractivity contribution in [2.24, 2.45) is 0 Å². The van der Waals surface area contributed by atoms with Crippen LogP contribution in [0, 0.1) is 3.57 Å². The van der Waals surface area contributed by atoms with Crippen LogP contribution < -0.4 is 0 Å². The summed E-state index contributed by atoms with van der Waals surface area (Å²) >= 11 is 2.36. The molecule has 0 aliphatic rings. The maximum atomic E-state index is 2.36. The first kappa shape index (κ1) is 9.97. The summed E-state index contributed by atoms with van der Waals surface area (Å²) in [5.74, 6) is 0.609. The molecule has 0 radical (unpaired) electrons. The minimum Gasteiger partial charge on any atom is -0.0587 e. The average Bonchev–Trinajstić information content (AvgIpc) is 2.16. The highest BCUT2D eigenvalue weighted by atomic mass is 127. The second-order valence-corrected chi connectivity index (χ2v) is 5.15. The quantitative estimate of drug-likeness (QED) is 0.676. The van der Waals surface area contributed by atoms with Gasteiger partial charge < -0.3 is 0 Å². The Balaban J connectivity index is 2.63. The van der Waals surface area contributed by atoms with Gasteiger partial charge in [0.15, 0.2) is 0 Å². The Bertz CT molecular complexity index is 458. The fraction of sp³-hybridized carbons (Fsp3) is 0.231. The van der Waals surface area contributed by atoms with E-state index in [0.717, 1.165) is 0 Å². The van der Waals surface area contributed by atoms with E-state index in [-0.39, 0.29) is 0 Å². The topological polar surface area (TPSA) is 0 Å². The van der Waals surface area contributed by atoms with Gasteiger partial charge in [0.2, 0.25) is 0 Å². The summed E-state index contributed by atoms with van der Waals surface area (Å²) in [6.45, 7) is 4.46. The van der Waals surface area contributed by atoms with Crippen LogP contribution in [0.2, 0.25) is 0 Å². The van der Waals surface area contributed by atoms with E-state index in [1.54, 1.807) is 0 Å². The molecular formula is C13H13I. The number of hydrogen-bond donors (Lipinski definition) is 0. The summed E-state index contributed by atoms with van der Waals surface area (Å²) in [4.78, 5) is 0. The van der Waals surface area contributed by atoms with Crippen LogP contribution in [0.1, 0.15) is 25.3 Å². The maximum absolute atomic E-state index is 2.36. The summed E-state index contributed by atoms with van der Waals surface area (Å²) in [6.07, 6.45) is 0. The van der Waals surface area contributed by atoms with Gasteiger partial charge in [-0.25, -0.2) is 0 Å². The number of rotatable bonds is 1. The van der Waals surface area contributed by atoms with Gasteiger partial charge in [0, 0.05) is 3.57 Å². The van der Waals surface area contributed by atoms with Gasteiger partial charge >= 0.3 is 0 Å². The lowest BCUT2D eigenvalue weighted by atomic mass is 9.99. The van der Waals surface area contributed by atoms with E-state index in [1.165, 1.54) is 19.9 Å². The molecular weight excluding hydrogens is 283 g/mol. The summed E-state index contributed by atoms with van der Waals surface area (Å²) in [5.41, 5.74) is 1.42. The van der Waals surface area contributed by atoms with E-state index >= 15 is 0 Å². The lowest BCUT2D eigenvalue weighted by molar-refractivity contribution is 0.869. The van der Waals surface area contributed by atoms with Gasteiger partial charge in [-0.3, -0.25) is 0 Å². The van der Waals surface area contributed by atoms with Crippen molar-refractivity contribution in [3.63, 3.8) is 0 Å². The van der Waals surface area contributed by atoms with Crippen molar-refractivity contribution in [3.8, 4) is 0 Å². The van der Waals surface area contributed by atoms with Gasteiger partial charge in [-0.05, 0) is 57.0 Å². The van der Waals surface area contributed by atoms with Gasteiger partial charge in [-0.2, -0.15) is 0 Å². The van der Waals surface area contributed by atoms with Crippen molar-refractivity contribution in [1.82, 2.24) is 0 Å². The zero-order chi connectivity index (χ0) is 10.1. The molecule has 2 rings (SSSR count). The zero-order valence-electron chi connectivity index (χ0n) is 8.42. The minimum absolute atomic E-state index is 0.609. The van der Waals surface area contributed by atoms with Gasteiger partial charge in [-0.1, -0.05) is 38.1 Å². The van der Waals surface area contributed by atoms with E-state index in [0.29, 0.717) is 5.92 Å². The predicted molar refractivity (Wildman–Crippen MR) is 70.8 cm³/mol. The molecule has 0 aliphatic carbocycles. The first-order valence-corrected chi connectivity index (χ1v) is 5.94. The standard InChI is InChI=1S/C13H13I/c1-9(2)11-4-3-10-5-6-13(14)8-12(10)7-11/h3-9H,1-2H3. The Kier molecular flexibility index (Phi) is 2.77. The molecule has 0 spiro atoms. The van der Waals surface area contributed by atoms with Crippen molar-refractivity contribution >= 4 is 33.4 Å². The molecule has 0 unspecified atom stereocenters. The van der Waals surface area contributed by atoms with Crippen molar-refractivity contribution in [1.29, 1.82) is 0 Å². The highest BCUT2D eigenvalue weighted by Gasteiger charge is 2.00. The van der Waals surface area contributed by atoms with Crippen LogP contribution in [0.25, 0.3) is 10.8 Å². The van der Waals surface area contributed by atoms with Gasteiger partial charge in [0.05, 0.1) is 0 Å². The number of fused-ring (bicyclic) bond motifs is 1. The lowest BCUT2D eigenvalue weighted by Gasteiger charge is -2.06. The molecule has 0 fully saturated rings. The molecule has 0 N–H and O–H groups in total. The minimum atomic E-state index is 0.609. The number of hydrogen-bond acceptors (Lipinski definition) is 0. The third kappa shape index (κ3) is 1.92. The Hall–Kier alpha value is -0.570. The molecule has 0 atom stereocenters. The van der Waals surface area contributed by atoms with E-state index in [4.69, 9.17) is 0 Å². The molecule has 0 aromatic heterocycles. The molecule has 0 nitrogen and oxygen atoms in total. The summed E-state index contributed by atoms with van der Waals surface area (Å²) < 4.78 is 1.30. The Morgan fingerprint density at radius 3 is 2.36 bits per heavy atom. The zero-order valence-corrected chi connectivity index (χ0v) is 10.6. The molecule has 14 heavy (non-hydrogen) atoms. The van der Waals surface area contributed by atoms with E-state index in [1.807, 2.05) is 0 Å². The second-order valence-electron chi connectivity index (χ2n) is 3.91. The first-order chi connectivity index (χ1) is 6.66. The second kappa shape index (κ2) is 3.89. The molecule has 0 saturated carbocycles. The molecule has 72 valence electrons. The average molecular weight is 296 g/mol. The van der Waals surface area contributed by atoms with Gasteiger partial charge in [0.25, 0.3) is 0 Å². The van der Waals surface area contributed by atoms with E-state index in [2.05, 4.69) is 72.8 Å². The third-order valence-electron chi connectivity index (χ3n) is 2.49. The largest absolute Gasteiger partial charge is 0.0587 e. The van der Waals surface area contributed by atoms with Crippen LogP contribution in [0.3, 0.4) is 0 Å². The fourth-order valence-corrected chi connectivity index (χ4v) is 2.11. The molecule has 0 aliphatic heterocycles. The predicted octanol–water partition coefficient (Wildman–Crippen LogP) is 4.57. The van der Waals surface area contributed by atoms with Crippen LogP contribution in [0.15, 0.2) is 36.4 Å². The van der Waals surface area contributed by atoms with E-state index < -0.39 is 0 Å². The SMILES string of the molecule is CC(C)c1ccc2ccc(I)cc2c1. The van der Waals surface area contributed by atoms with Crippen LogP contribution in [0.5, 0.6) is 0 Å². The van der Waals surface area contributed by atoms with Crippen molar-refractivity contribution in [3.05, 3.63) is 45.5 Å². The molecule has 0 heterocycles. The summed E-state index contributed by atoms with van der Waals surface area (Å²) in [7, 11) is 0. The number of benzene rings is 2. The summed E-state index contributed by atoms with van der Waals surface area (Å²) in [6, 6.07) is 13.3. The highest BCUT2D eigenvalue weighted by Crippen LogP contribution is 2.22. The highest BCUT2D eigenvalue weighted by molar-refractivity contribution is 14.1. The molecule has 1 heteroatoms. The molecule has 2 aromatic rings. The van der Waals surface area contributed by atoms with Crippen LogP contribution in [0.4, 0.5) is 0 Å². The van der Waals surface area contributed by atoms with Crippen LogP contribution in [-0.2, 0) is 0 Å². The normalized spacial score (nSPS) is 11.1. The van der Waals surface area contributed by atoms with Crippen LogP contribution >= 0.6 is 22.6 Å². The smallest absolute Gasteiger partial charge is 0.0136 e. The monoisotopic (exact) mass is 296 g/mol. The Morgan fingerprint density at radius 2 is 1.64 bits per heavy atom. The first-order valence-electron chi connectivity index (χ1n) is 4.86. The Labute approximate surface area is 98.5 Å². The molecule has 2 aromatic carbocycles. The molecule has 0 bridgehead atoms. The summed E-state index contributed by atoms with van der Waals surface area (Å²) in [5, 5.41) is 2.68. The maximum Gasteiger partial charge on any atom is 0.0136 e. The Morgan fingerprint density at radius 1 is 0.929 bits per heavy atom. The van der Waals surface area contributed by atoms with Gasteiger partial charge in [0.1, 0.15) is 0 Å². The molecule has 0 amide bonds. The fourth-order valence-electron chi connectivity index (χ4n) is 1.60.